The lowest BCUT2D eigenvalue weighted by atomic mass is 9.89. The van der Waals surface area contributed by atoms with Gasteiger partial charge in [-0.25, -0.2) is 0 Å². The second-order valence-corrected chi connectivity index (χ2v) is 3.58. The molecule has 0 saturated heterocycles. The molecular weight excluding hydrogens is 148 g/mol. The Labute approximate surface area is 74.9 Å². The van der Waals surface area contributed by atoms with Gasteiger partial charge in [0, 0.05) is 6.42 Å². The van der Waals surface area contributed by atoms with Crippen LogP contribution in [0.5, 0.6) is 0 Å². The van der Waals surface area contributed by atoms with Crippen LogP contribution < -0.4 is 0 Å². The molecule has 1 saturated carbocycles. The number of allylic oxidation sites excluding steroid dienone is 2. The third kappa shape index (κ3) is 3.21. The van der Waals surface area contributed by atoms with Gasteiger partial charge in [0.1, 0.15) is 0 Å². The van der Waals surface area contributed by atoms with E-state index in [0.29, 0.717) is 12.3 Å². The molecule has 1 nitrogen and oxygen atoms in total. The molecule has 0 aromatic carbocycles. The Balaban J connectivity index is 2.28. The molecule has 68 valence electrons. The number of carbonyl (C=O) groups is 1. The van der Waals surface area contributed by atoms with Crippen molar-refractivity contribution in [2.24, 2.45) is 5.92 Å². The monoisotopic (exact) mass is 166 g/mol. The van der Waals surface area contributed by atoms with Gasteiger partial charge < -0.3 is 0 Å². The summed E-state index contributed by atoms with van der Waals surface area (Å²) >= 11 is 0. The van der Waals surface area contributed by atoms with E-state index in [9.17, 15) is 4.79 Å². The Morgan fingerprint density at radius 2 is 2.00 bits per heavy atom. The number of hydrogen-bond donors (Lipinski definition) is 0. The second-order valence-electron chi connectivity index (χ2n) is 3.58. The van der Waals surface area contributed by atoms with Gasteiger partial charge in [0.05, 0.1) is 0 Å². The Kier molecular flexibility index (Phi) is 4.06. The minimum Gasteiger partial charge on any atom is -0.295 e. The van der Waals surface area contributed by atoms with Crippen LogP contribution in [-0.4, -0.2) is 5.78 Å². The lowest BCUT2D eigenvalue weighted by Crippen LogP contribution is -2.03. The summed E-state index contributed by atoms with van der Waals surface area (Å²) in [6.07, 6.45) is 11.2. The van der Waals surface area contributed by atoms with Crippen LogP contribution in [0.2, 0.25) is 0 Å². The average Bonchev–Trinajstić information content (AvgIpc) is 2.16. The van der Waals surface area contributed by atoms with E-state index >= 15 is 0 Å². The molecule has 0 aliphatic heterocycles. The smallest absolute Gasteiger partial charge is 0.155 e. The van der Waals surface area contributed by atoms with Gasteiger partial charge in [-0.3, -0.25) is 4.79 Å². The lowest BCUT2D eigenvalue weighted by Gasteiger charge is -2.17. The van der Waals surface area contributed by atoms with Gasteiger partial charge in [0.2, 0.25) is 0 Å². The van der Waals surface area contributed by atoms with Crippen LogP contribution in [0, 0.1) is 5.92 Å². The molecule has 0 unspecified atom stereocenters. The van der Waals surface area contributed by atoms with Crippen molar-refractivity contribution in [3.05, 3.63) is 12.2 Å². The molecule has 1 aliphatic rings. The number of ketones is 1. The molecule has 0 bridgehead atoms. The highest BCUT2D eigenvalue weighted by Gasteiger charge is 2.09. The molecule has 0 radical (unpaired) electrons. The Morgan fingerprint density at radius 1 is 1.33 bits per heavy atom. The highest BCUT2D eigenvalue weighted by molar-refractivity contribution is 5.89. The maximum Gasteiger partial charge on any atom is 0.155 e. The van der Waals surface area contributed by atoms with Gasteiger partial charge in [-0.05, 0) is 24.8 Å². The first-order valence-electron chi connectivity index (χ1n) is 5.04. The maximum atomic E-state index is 11.0. The van der Waals surface area contributed by atoms with Gasteiger partial charge in [-0.15, -0.1) is 0 Å². The summed E-state index contributed by atoms with van der Waals surface area (Å²) in [7, 11) is 0. The molecule has 12 heavy (non-hydrogen) atoms. The summed E-state index contributed by atoms with van der Waals surface area (Å²) in [5.74, 6) is 0.954. The van der Waals surface area contributed by atoms with E-state index in [1.807, 2.05) is 6.92 Å². The molecule has 1 rings (SSSR count). The Bertz CT molecular complexity index is 164. The zero-order valence-electron chi connectivity index (χ0n) is 7.88. The van der Waals surface area contributed by atoms with Crippen LogP contribution >= 0.6 is 0 Å². The molecule has 1 aliphatic carbocycles. The first-order chi connectivity index (χ1) is 5.83. The minimum atomic E-state index is 0.264. The third-order valence-electron chi connectivity index (χ3n) is 2.55. The summed E-state index contributed by atoms with van der Waals surface area (Å²) in [6, 6.07) is 0. The van der Waals surface area contributed by atoms with E-state index in [4.69, 9.17) is 0 Å². The Hall–Kier alpha value is -0.590. The standard InChI is InChI=1S/C11H18O/c1-2-11(12)9-8-10-6-4-3-5-7-10/h8-10H,2-7H2,1H3. The highest BCUT2D eigenvalue weighted by atomic mass is 16.1. The first-order valence-corrected chi connectivity index (χ1v) is 5.04. The number of carbonyl (C=O) groups excluding carboxylic acids is 1. The second kappa shape index (κ2) is 5.13. The van der Waals surface area contributed by atoms with Crippen LogP contribution in [0.15, 0.2) is 12.2 Å². The summed E-state index contributed by atoms with van der Waals surface area (Å²) < 4.78 is 0. The van der Waals surface area contributed by atoms with Crippen molar-refractivity contribution in [1.82, 2.24) is 0 Å². The summed E-state index contributed by atoms with van der Waals surface area (Å²) in [5, 5.41) is 0. The van der Waals surface area contributed by atoms with Crippen LogP contribution in [0.3, 0.4) is 0 Å². The fourth-order valence-corrected chi connectivity index (χ4v) is 1.69. The molecule has 1 heteroatoms. The fraction of sp³-hybridized carbons (Fsp3) is 0.727. The van der Waals surface area contributed by atoms with E-state index in [2.05, 4.69) is 6.08 Å². The van der Waals surface area contributed by atoms with E-state index in [1.165, 1.54) is 32.1 Å². The van der Waals surface area contributed by atoms with Crippen molar-refractivity contribution in [2.75, 3.05) is 0 Å². The predicted molar refractivity (Wildman–Crippen MR) is 51.0 cm³/mol. The molecule has 0 atom stereocenters. The molecule has 1 fully saturated rings. The zero-order chi connectivity index (χ0) is 8.81. The maximum absolute atomic E-state index is 11.0. The molecular formula is C11H18O. The zero-order valence-corrected chi connectivity index (χ0v) is 7.88. The van der Waals surface area contributed by atoms with E-state index in [1.54, 1.807) is 6.08 Å². The third-order valence-corrected chi connectivity index (χ3v) is 2.55. The molecule has 0 spiro atoms. The quantitative estimate of drug-likeness (QED) is 0.589. The largest absolute Gasteiger partial charge is 0.295 e. The number of rotatable bonds is 3. The molecule has 0 aromatic rings. The molecule has 0 aromatic heterocycles. The molecule has 0 N–H and O–H groups in total. The average molecular weight is 166 g/mol. The fourth-order valence-electron chi connectivity index (χ4n) is 1.69. The van der Waals surface area contributed by atoms with Crippen LogP contribution in [0.4, 0.5) is 0 Å². The van der Waals surface area contributed by atoms with Gasteiger partial charge in [-0.1, -0.05) is 32.3 Å². The van der Waals surface area contributed by atoms with Crippen molar-refractivity contribution < 1.29 is 4.79 Å². The van der Waals surface area contributed by atoms with Crippen molar-refractivity contribution in [1.29, 1.82) is 0 Å². The van der Waals surface area contributed by atoms with Crippen molar-refractivity contribution in [3.8, 4) is 0 Å². The van der Waals surface area contributed by atoms with Gasteiger partial charge >= 0.3 is 0 Å². The Morgan fingerprint density at radius 3 is 2.58 bits per heavy atom. The van der Waals surface area contributed by atoms with Crippen LogP contribution in [0.25, 0.3) is 0 Å². The van der Waals surface area contributed by atoms with E-state index in [-0.39, 0.29) is 5.78 Å². The van der Waals surface area contributed by atoms with Crippen molar-refractivity contribution in [3.63, 3.8) is 0 Å². The number of hydrogen-bond acceptors (Lipinski definition) is 1. The lowest BCUT2D eigenvalue weighted by molar-refractivity contribution is -0.114. The molecule has 0 amide bonds. The van der Waals surface area contributed by atoms with Gasteiger partial charge in [0.15, 0.2) is 5.78 Å². The highest BCUT2D eigenvalue weighted by Crippen LogP contribution is 2.24. The van der Waals surface area contributed by atoms with E-state index in [0.717, 1.165) is 0 Å². The van der Waals surface area contributed by atoms with Crippen molar-refractivity contribution in [2.45, 2.75) is 45.4 Å². The summed E-state index contributed by atoms with van der Waals surface area (Å²) in [5.41, 5.74) is 0. The molecule has 0 heterocycles. The van der Waals surface area contributed by atoms with Crippen molar-refractivity contribution >= 4 is 5.78 Å². The minimum absolute atomic E-state index is 0.264. The van der Waals surface area contributed by atoms with Crippen LogP contribution in [-0.2, 0) is 4.79 Å². The summed E-state index contributed by atoms with van der Waals surface area (Å²) in [6.45, 7) is 1.91. The SMILES string of the molecule is CCC(=O)C=CC1CCCCC1. The van der Waals surface area contributed by atoms with Gasteiger partial charge in [-0.2, -0.15) is 0 Å². The predicted octanol–water partition coefficient (Wildman–Crippen LogP) is 3.10. The van der Waals surface area contributed by atoms with Crippen LogP contribution in [0.1, 0.15) is 45.4 Å². The topological polar surface area (TPSA) is 17.1 Å². The van der Waals surface area contributed by atoms with E-state index < -0.39 is 0 Å². The van der Waals surface area contributed by atoms with Gasteiger partial charge in [0.25, 0.3) is 0 Å². The first kappa shape index (κ1) is 9.50. The summed E-state index contributed by atoms with van der Waals surface area (Å²) in [4.78, 5) is 11.0. The normalized spacial score (nSPS) is 20.1.